The molecule has 0 saturated heterocycles. The van der Waals surface area contributed by atoms with Gasteiger partial charge in [0.25, 0.3) is 5.91 Å². The van der Waals surface area contributed by atoms with Crippen molar-refractivity contribution in [3.8, 4) is 11.5 Å². The molecule has 0 fully saturated rings. The normalized spacial score (nSPS) is 10.7. The fraction of sp³-hybridized carbons (Fsp3) is 0.192. The Kier molecular flexibility index (Phi) is 7.26. The third-order valence-electron chi connectivity index (χ3n) is 5.28. The van der Waals surface area contributed by atoms with Crippen molar-refractivity contribution in [2.24, 2.45) is 0 Å². The van der Waals surface area contributed by atoms with Crippen LogP contribution in [0.2, 0.25) is 0 Å². The number of carbonyl (C=O) groups is 1. The summed E-state index contributed by atoms with van der Waals surface area (Å²) in [4.78, 5) is 24.2. The highest BCUT2D eigenvalue weighted by molar-refractivity contribution is 8.00. The standard InChI is InChI=1S/C26H27N5O3S/c1-16-14-18(33-4)15-22(23(16)34-5)29-24-25(28-21-9-7-6-8-20(21)27-24)30-35-19-12-10-17(11-13-19)26(32)31(2)3/h6-15H,1-5H3,(H,27,29)(H,28,30). The molecule has 1 amide bonds. The number of hydrogen-bond donors (Lipinski definition) is 2. The van der Waals surface area contributed by atoms with Gasteiger partial charge in [0.1, 0.15) is 11.5 Å². The predicted molar refractivity (Wildman–Crippen MR) is 141 cm³/mol. The number of nitrogens with one attached hydrogen (secondary N) is 2. The number of benzene rings is 3. The molecule has 9 heteroatoms. The predicted octanol–water partition coefficient (Wildman–Crippen LogP) is 5.52. The summed E-state index contributed by atoms with van der Waals surface area (Å²) >= 11 is 1.38. The lowest BCUT2D eigenvalue weighted by Crippen LogP contribution is -2.21. The second-order valence-electron chi connectivity index (χ2n) is 7.99. The molecule has 0 aliphatic carbocycles. The van der Waals surface area contributed by atoms with Gasteiger partial charge >= 0.3 is 0 Å². The molecule has 4 rings (SSSR count). The second kappa shape index (κ2) is 10.5. The van der Waals surface area contributed by atoms with Gasteiger partial charge in [0.2, 0.25) is 0 Å². The molecule has 1 aromatic heterocycles. The first kappa shape index (κ1) is 24.2. The molecule has 0 aliphatic heterocycles. The Bertz CT molecular complexity index is 1360. The van der Waals surface area contributed by atoms with Crippen molar-refractivity contribution in [3.63, 3.8) is 0 Å². The van der Waals surface area contributed by atoms with E-state index < -0.39 is 0 Å². The minimum Gasteiger partial charge on any atom is -0.497 e. The molecule has 0 atom stereocenters. The van der Waals surface area contributed by atoms with Crippen molar-refractivity contribution >= 4 is 46.2 Å². The zero-order chi connectivity index (χ0) is 24.9. The van der Waals surface area contributed by atoms with Crippen LogP contribution in [-0.4, -0.2) is 49.1 Å². The molecule has 4 aromatic rings. The van der Waals surface area contributed by atoms with Crippen LogP contribution in [0.5, 0.6) is 11.5 Å². The lowest BCUT2D eigenvalue weighted by atomic mass is 10.1. The Morgan fingerprint density at radius 2 is 1.57 bits per heavy atom. The number of aromatic nitrogens is 2. The van der Waals surface area contributed by atoms with Crippen LogP contribution in [0.4, 0.5) is 17.3 Å². The van der Waals surface area contributed by atoms with Gasteiger partial charge in [0, 0.05) is 30.6 Å². The number of fused-ring (bicyclic) bond motifs is 1. The molecule has 0 unspecified atom stereocenters. The van der Waals surface area contributed by atoms with Gasteiger partial charge in [-0.3, -0.25) is 4.79 Å². The highest BCUT2D eigenvalue weighted by Gasteiger charge is 2.15. The first-order valence-corrected chi connectivity index (χ1v) is 11.7. The van der Waals surface area contributed by atoms with E-state index in [0.29, 0.717) is 34.4 Å². The summed E-state index contributed by atoms with van der Waals surface area (Å²) < 4.78 is 14.4. The molecule has 0 bridgehead atoms. The van der Waals surface area contributed by atoms with Gasteiger partial charge in [0.05, 0.1) is 30.9 Å². The largest absolute Gasteiger partial charge is 0.497 e. The molecule has 1 heterocycles. The molecule has 2 N–H and O–H groups in total. The Morgan fingerprint density at radius 3 is 2.17 bits per heavy atom. The van der Waals surface area contributed by atoms with Crippen molar-refractivity contribution < 1.29 is 14.3 Å². The third kappa shape index (κ3) is 5.41. The zero-order valence-electron chi connectivity index (χ0n) is 20.2. The summed E-state index contributed by atoms with van der Waals surface area (Å²) in [5.41, 5.74) is 3.80. The molecule has 35 heavy (non-hydrogen) atoms. The monoisotopic (exact) mass is 489 g/mol. The summed E-state index contributed by atoms with van der Waals surface area (Å²) in [7, 11) is 6.73. The van der Waals surface area contributed by atoms with E-state index in [2.05, 4.69) is 10.0 Å². The summed E-state index contributed by atoms with van der Waals surface area (Å²) in [6.45, 7) is 1.96. The van der Waals surface area contributed by atoms with E-state index in [4.69, 9.17) is 19.4 Å². The number of methoxy groups -OCH3 is 2. The number of ether oxygens (including phenoxy) is 2. The molecule has 0 radical (unpaired) electrons. The van der Waals surface area contributed by atoms with Crippen molar-refractivity contribution in [1.82, 2.24) is 14.9 Å². The van der Waals surface area contributed by atoms with Crippen LogP contribution >= 0.6 is 11.9 Å². The van der Waals surface area contributed by atoms with Crippen molar-refractivity contribution in [1.29, 1.82) is 0 Å². The van der Waals surface area contributed by atoms with E-state index in [0.717, 1.165) is 21.5 Å². The third-order valence-corrected chi connectivity index (χ3v) is 6.09. The number of carbonyl (C=O) groups excluding carboxylic acids is 1. The average molecular weight is 490 g/mol. The molecule has 0 aliphatic rings. The first-order valence-electron chi connectivity index (χ1n) is 10.9. The first-order chi connectivity index (χ1) is 16.9. The van der Waals surface area contributed by atoms with Crippen LogP contribution in [0, 0.1) is 6.92 Å². The molecular formula is C26H27N5O3S. The molecule has 0 saturated carbocycles. The minimum atomic E-state index is -0.0380. The van der Waals surface area contributed by atoms with Gasteiger partial charge in [-0.1, -0.05) is 12.1 Å². The van der Waals surface area contributed by atoms with Gasteiger partial charge in [0.15, 0.2) is 11.6 Å². The van der Waals surface area contributed by atoms with Gasteiger partial charge in [-0.2, -0.15) is 0 Å². The molecular weight excluding hydrogens is 462 g/mol. The van der Waals surface area contributed by atoms with E-state index in [1.54, 1.807) is 33.2 Å². The maximum absolute atomic E-state index is 12.2. The zero-order valence-corrected chi connectivity index (χ0v) is 21.1. The van der Waals surface area contributed by atoms with E-state index in [1.165, 1.54) is 11.9 Å². The van der Waals surface area contributed by atoms with Crippen LogP contribution in [0.1, 0.15) is 15.9 Å². The lowest BCUT2D eigenvalue weighted by Gasteiger charge is -2.17. The van der Waals surface area contributed by atoms with Gasteiger partial charge < -0.3 is 24.4 Å². The number of aryl methyl sites for hydroxylation is 1. The van der Waals surface area contributed by atoms with Crippen LogP contribution in [0.3, 0.4) is 0 Å². The summed E-state index contributed by atoms with van der Waals surface area (Å²) in [6, 6.07) is 18.9. The average Bonchev–Trinajstić information content (AvgIpc) is 2.87. The Morgan fingerprint density at radius 1 is 0.914 bits per heavy atom. The van der Waals surface area contributed by atoms with Gasteiger partial charge in [-0.25, -0.2) is 9.97 Å². The number of amides is 1. The quantitative estimate of drug-likeness (QED) is 0.313. The SMILES string of the molecule is COc1cc(C)c(OC)c(Nc2nc3ccccc3nc2NSc2ccc(C(=O)N(C)C)cc2)c1. The van der Waals surface area contributed by atoms with E-state index in [1.807, 2.05) is 67.6 Å². The highest BCUT2D eigenvalue weighted by Crippen LogP contribution is 2.37. The van der Waals surface area contributed by atoms with Crippen molar-refractivity contribution in [3.05, 3.63) is 71.8 Å². The smallest absolute Gasteiger partial charge is 0.253 e. The van der Waals surface area contributed by atoms with Gasteiger partial charge in [-0.05, 0) is 66.9 Å². The topological polar surface area (TPSA) is 88.6 Å². The minimum absolute atomic E-state index is 0.0380. The van der Waals surface area contributed by atoms with Crippen LogP contribution in [-0.2, 0) is 0 Å². The number of para-hydroxylation sites is 2. The maximum Gasteiger partial charge on any atom is 0.253 e. The fourth-order valence-corrected chi connectivity index (χ4v) is 4.17. The molecule has 180 valence electrons. The van der Waals surface area contributed by atoms with E-state index in [-0.39, 0.29) is 5.91 Å². The number of nitrogens with zero attached hydrogens (tertiary/aromatic N) is 3. The molecule has 3 aromatic carbocycles. The van der Waals surface area contributed by atoms with Crippen LogP contribution in [0.25, 0.3) is 11.0 Å². The van der Waals surface area contributed by atoms with Crippen LogP contribution in [0.15, 0.2) is 65.6 Å². The number of anilines is 3. The second-order valence-corrected chi connectivity index (χ2v) is 8.87. The number of rotatable bonds is 8. The van der Waals surface area contributed by atoms with Gasteiger partial charge in [-0.15, -0.1) is 0 Å². The maximum atomic E-state index is 12.2. The molecule has 0 spiro atoms. The Labute approximate surface area is 208 Å². The highest BCUT2D eigenvalue weighted by atomic mass is 32.2. The fourth-order valence-electron chi connectivity index (χ4n) is 3.54. The number of hydrogen-bond acceptors (Lipinski definition) is 8. The summed E-state index contributed by atoms with van der Waals surface area (Å²) in [5.74, 6) is 2.46. The van der Waals surface area contributed by atoms with E-state index in [9.17, 15) is 4.79 Å². The van der Waals surface area contributed by atoms with E-state index >= 15 is 0 Å². The lowest BCUT2D eigenvalue weighted by molar-refractivity contribution is 0.0827. The molecule has 8 nitrogen and oxygen atoms in total. The Balaban J connectivity index is 1.66. The van der Waals surface area contributed by atoms with Crippen molar-refractivity contribution in [2.75, 3.05) is 38.4 Å². The Hall–Kier alpha value is -3.98. The summed E-state index contributed by atoms with van der Waals surface area (Å²) in [5, 5.41) is 3.37. The van der Waals surface area contributed by atoms with Crippen molar-refractivity contribution in [2.45, 2.75) is 11.8 Å². The van der Waals surface area contributed by atoms with Crippen LogP contribution < -0.4 is 19.5 Å². The summed E-state index contributed by atoms with van der Waals surface area (Å²) in [6.07, 6.45) is 0.